The first kappa shape index (κ1) is 23.8. The number of aromatic nitrogens is 2. The van der Waals surface area contributed by atoms with Crippen LogP contribution in [0.4, 0.5) is 11.5 Å². The minimum atomic E-state index is -0.747. The maximum absolute atomic E-state index is 13.2. The number of nitrogens with one attached hydrogen (secondary N) is 1. The molecule has 0 aliphatic carbocycles. The fourth-order valence-electron chi connectivity index (χ4n) is 3.35. The number of ether oxygens (including phenoxy) is 2. The molecule has 33 heavy (non-hydrogen) atoms. The highest BCUT2D eigenvalue weighted by Crippen LogP contribution is 2.20. The maximum Gasteiger partial charge on any atom is 0.330 e. The molecule has 0 aliphatic rings. The normalized spacial score (nSPS) is 10.7. The fraction of sp³-hybridized carbons (Fsp3) is 0.292. The summed E-state index contributed by atoms with van der Waals surface area (Å²) < 4.78 is 11.9. The first-order valence-electron chi connectivity index (χ1n) is 10.6. The van der Waals surface area contributed by atoms with Crippen molar-refractivity contribution >= 4 is 17.4 Å². The Morgan fingerprint density at radius 3 is 2.39 bits per heavy atom. The number of aromatic amines is 1. The number of rotatable bonds is 10. The lowest BCUT2D eigenvalue weighted by Crippen LogP contribution is -2.42. The Labute approximate surface area is 191 Å². The molecule has 9 nitrogen and oxygen atoms in total. The molecule has 3 rings (SSSR count). The fourth-order valence-corrected chi connectivity index (χ4v) is 3.35. The van der Waals surface area contributed by atoms with E-state index in [4.69, 9.17) is 15.2 Å². The zero-order valence-corrected chi connectivity index (χ0v) is 18.7. The summed E-state index contributed by atoms with van der Waals surface area (Å²) >= 11 is 0. The molecule has 0 radical (unpaired) electrons. The van der Waals surface area contributed by atoms with E-state index in [9.17, 15) is 14.4 Å². The van der Waals surface area contributed by atoms with Gasteiger partial charge in [-0.2, -0.15) is 0 Å². The van der Waals surface area contributed by atoms with Crippen LogP contribution in [-0.2, 0) is 29.0 Å². The average Bonchev–Trinajstić information content (AvgIpc) is 2.82. The number of H-pyrrole nitrogens is 1. The molecule has 0 saturated heterocycles. The minimum Gasteiger partial charge on any atom is -0.484 e. The number of aryl methyl sites for hydroxylation is 1. The van der Waals surface area contributed by atoms with Gasteiger partial charge in [-0.1, -0.05) is 49.4 Å². The number of amides is 1. The summed E-state index contributed by atoms with van der Waals surface area (Å²) in [6.07, 6.45) is 0.894. The van der Waals surface area contributed by atoms with E-state index >= 15 is 0 Å². The smallest absolute Gasteiger partial charge is 0.330 e. The summed E-state index contributed by atoms with van der Waals surface area (Å²) in [5, 5.41) is 0. The number of carbonyl (C=O) groups is 1. The van der Waals surface area contributed by atoms with Crippen molar-refractivity contribution in [1.29, 1.82) is 0 Å². The number of nitrogens with two attached hydrogens (primary N) is 1. The first-order valence-corrected chi connectivity index (χ1v) is 10.6. The van der Waals surface area contributed by atoms with Crippen LogP contribution < -0.4 is 26.6 Å². The SMILES string of the molecule is CCc1ccc(OCC(=O)N(Cc2ccccc2)c2c(N)n(CCOC)c(=O)[nH]c2=O)cc1. The Morgan fingerprint density at radius 2 is 1.76 bits per heavy atom. The van der Waals surface area contributed by atoms with Crippen molar-refractivity contribution in [3.8, 4) is 5.75 Å². The lowest BCUT2D eigenvalue weighted by Gasteiger charge is -2.24. The highest BCUT2D eigenvalue weighted by molar-refractivity contribution is 5.96. The molecule has 174 valence electrons. The lowest BCUT2D eigenvalue weighted by atomic mass is 10.2. The van der Waals surface area contributed by atoms with Crippen LogP contribution in [0.1, 0.15) is 18.1 Å². The Kier molecular flexibility index (Phi) is 8.04. The molecule has 3 N–H and O–H groups in total. The van der Waals surface area contributed by atoms with Crippen molar-refractivity contribution in [3.05, 3.63) is 86.6 Å². The second-order valence-corrected chi connectivity index (χ2v) is 7.39. The third-order valence-corrected chi connectivity index (χ3v) is 5.18. The van der Waals surface area contributed by atoms with Gasteiger partial charge in [0.05, 0.1) is 19.7 Å². The largest absolute Gasteiger partial charge is 0.484 e. The molecular formula is C24H28N4O5. The third kappa shape index (κ3) is 5.89. The quantitative estimate of drug-likeness (QED) is 0.485. The maximum atomic E-state index is 13.2. The molecule has 0 aliphatic heterocycles. The van der Waals surface area contributed by atoms with Crippen LogP contribution in [0.2, 0.25) is 0 Å². The summed E-state index contributed by atoms with van der Waals surface area (Å²) in [6, 6.07) is 16.6. The van der Waals surface area contributed by atoms with Gasteiger partial charge in [0.2, 0.25) is 0 Å². The van der Waals surface area contributed by atoms with Crippen LogP contribution in [0.3, 0.4) is 0 Å². The van der Waals surface area contributed by atoms with E-state index in [0.29, 0.717) is 5.75 Å². The van der Waals surface area contributed by atoms with Crippen molar-refractivity contribution in [3.63, 3.8) is 0 Å². The zero-order chi connectivity index (χ0) is 23.8. The van der Waals surface area contributed by atoms with E-state index in [0.717, 1.165) is 17.5 Å². The molecule has 3 aromatic rings. The van der Waals surface area contributed by atoms with Gasteiger partial charge < -0.3 is 15.2 Å². The van der Waals surface area contributed by atoms with Gasteiger partial charge in [-0.3, -0.25) is 24.0 Å². The standard InChI is InChI=1S/C24H28N4O5/c1-3-17-9-11-19(12-10-17)33-16-20(29)28(15-18-7-5-4-6-8-18)21-22(25)27(13-14-32-2)24(31)26-23(21)30/h4-12H,3,13-16,25H2,1-2H3,(H,26,30,31). The number of methoxy groups -OCH3 is 1. The van der Waals surface area contributed by atoms with E-state index in [1.165, 1.54) is 16.6 Å². The van der Waals surface area contributed by atoms with Crippen LogP contribution in [0.15, 0.2) is 64.2 Å². The first-order chi connectivity index (χ1) is 15.9. The zero-order valence-electron chi connectivity index (χ0n) is 18.7. The molecule has 0 fully saturated rings. The molecule has 0 saturated carbocycles. The Balaban J connectivity index is 1.94. The highest BCUT2D eigenvalue weighted by Gasteiger charge is 2.25. The van der Waals surface area contributed by atoms with Crippen LogP contribution in [-0.4, -0.2) is 35.8 Å². The van der Waals surface area contributed by atoms with Gasteiger partial charge in [-0.25, -0.2) is 4.79 Å². The van der Waals surface area contributed by atoms with Crippen LogP contribution in [0, 0.1) is 0 Å². The Morgan fingerprint density at radius 1 is 1.06 bits per heavy atom. The number of hydrogen-bond acceptors (Lipinski definition) is 6. The van der Waals surface area contributed by atoms with Gasteiger partial charge in [0, 0.05) is 7.11 Å². The van der Waals surface area contributed by atoms with Gasteiger partial charge in [0.15, 0.2) is 12.3 Å². The lowest BCUT2D eigenvalue weighted by molar-refractivity contribution is -0.120. The number of hydrogen-bond donors (Lipinski definition) is 2. The summed E-state index contributed by atoms with van der Waals surface area (Å²) in [4.78, 5) is 41.8. The van der Waals surface area contributed by atoms with E-state index in [2.05, 4.69) is 11.9 Å². The number of carbonyl (C=O) groups excluding carboxylic acids is 1. The summed E-state index contributed by atoms with van der Waals surface area (Å²) in [7, 11) is 1.49. The second kappa shape index (κ2) is 11.1. The Bertz CT molecular complexity index is 1190. The van der Waals surface area contributed by atoms with Crippen molar-refractivity contribution in [1.82, 2.24) is 9.55 Å². The van der Waals surface area contributed by atoms with Crippen LogP contribution >= 0.6 is 0 Å². The van der Waals surface area contributed by atoms with E-state index in [1.54, 1.807) is 12.1 Å². The van der Waals surface area contributed by atoms with E-state index < -0.39 is 17.2 Å². The van der Waals surface area contributed by atoms with Gasteiger partial charge in [-0.15, -0.1) is 0 Å². The van der Waals surface area contributed by atoms with E-state index in [-0.39, 0.29) is 37.8 Å². The summed E-state index contributed by atoms with van der Waals surface area (Å²) in [5.41, 5.74) is 6.62. The molecule has 0 bridgehead atoms. The molecule has 1 heterocycles. The predicted molar refractivity (Wildman–Crippen MR) is 127 cm³/mol. The average molecular weight is 453 g/mol. The Hall–Kier alpha value is -3.85. The summed E-state index contributed by atoms with van der Waals surface area (Å²) in [5.74, 6) is -0.0582. The third-order valence-electron chi connectivity index (χ3n) is 5.18. The topological polar surface area (TPSA) is 120 Å². The summed E-state index contributed by atoms with van der Waals surface area (Å²) in [6.45, 7) is 2.15. The molecule has 1 amide bonds. The van der Waals surface area contributed by atoms with Gasteiger partial charge in [0.1, 0.15) is 11.6 Å². The van der Waals surface area contributed by atoms with Crippen molar-refractivity contribution < 1.29 is 14.3 Å². The monoisotopic (exact) mass is 452 g/mol. The van der Waals surface area contributed by atoms with Gasteiger partial charge >= 0.3 is 5.69 Å². The van der Waals surface area contributed by atoms with Crippen molar-refractivity contribution in [2.45, 2.75) is 26.4 Å². The molecule has 0 atom stereocenters. The number of nitrogens with zero attached hydrogens (tertiary/aromatic N) is 2. The number of nitrogen functional groups attached to an aromatic ring is 1. The van der Waals surface area contributed by atoms with Crippen molar-refractivity contribution in [2.75, 3.05) is 31.0 Å². The van der Waals surface area contributed by atoms with Crippen LogP contribution in [0.5, 0.6) is 5.75 Å². The number of anilines is 2. The molecule has 2 aromatic carbocycles. The van der Waals surface area contributed by atoms with E-state index in [1.807, 2.05) is 42.5 Å². The minimum absolute atomic E-state index is 0.0770. The molecule has 1 aromatic heterocycles. The molecule has 0 unspecified atom stereocenters. The van der Waals surface area contributed by atoms with Gasteiger partial charge in [0.25, 0.3) is 11.5 Å². The number of benzene rings is 2. The van der Waals surface area contributed by atoms with Crippen molar-refractivity contribution in [2.24, 2.45) is 0 Å². The van der Waals surface area contributed by atoms with Crippen LogP contribution in [0.25, 0.3) is 0 Å². The molecule has 9 heteroatoms. The predicted octanol–water partition coefficient (Wildman–Crippen LogP) is 1.94. The van der Waals surface area contributed by atoms with Gasteiger partial charge in [-0.05, 0) is 29.7 Å². The highest BCUT2D eigenvalue weighted by atomic mass is 16.5. The molecular weight excluding hydrogens is 424 g/mol. The second-order valence-electron chi connectivity index (χ2n) is 7.39. The molecule has 0 spiro atoms.